The third kappa shape index (κ3) is 8.21. The second kappa shape index (κ2) is 13.8. The number of ether oxygens (including phenoxy) is 1. The first-order valence-corrected chi connectivity index (χ1v) is 15.8. The van der Waals surface area contributed by atoms with Gasteiger partial charge in [0.1, 0.15) is 17.7 Å². The summed E-state index contributed by atoms with van der Waals surface area (Å²) in [7, 11) is 0. The molecule has 10 nitrogen and oxygen atoms in total. The molecule has 3 N–H and O–H groups in total. The van der Waals surface area contributed by atoms with E-state index in [1.807, 2.05) is 0 Å². The third-order valence-corrected chi connectivity index (χ3v) is 10.1. The molecule has 12 heteroatoms. The van der Waals surface area contributed by atoms with Crippen molar-refractivity contribution in [2.75, 3.05) is 13.1 Å². The summed E-state index contributed by atoms with van der Waals surface area (Å²) in [5.41, 5.74) is -0.738. The van der Waals surface area contributed by atoms with Crippen molar-refractivity contribution in [3.8, 4) is 0 Å². The van der Waals surface area contributed by atoms with Gasteiger partial charge in [0.05, 0.1) is 9.28 Å². The topological polar surface area (TPSA) is 134 Å². The summed E-state index contributed by atoms with van der Waals surface area (Å²) in [6, 6.07) is -2.84. The van der Waals surface area contributed by atoms with E-state index in [-0.39, 0.29) is 36.6 Å². The average Bonchev–Trinajstić information content (AvgIpc) is 3.23. The first-order valence-electron chi connectivity index (χ1n) is 14.2. The van der Waals surface area contributed by atoms with E-state index in [0.717, 1.165) is 32.1 Å². The van der Waals surface area contributed by atoms with Gasteiger partial charge in [-0.15, -0.1) is 13.2 Å². The Hall–Kier alpha value is -2.21. The van der Waals surface area contributed by atoms with Gasteiger partial charge < -0.3 is 25.6 Å². The fourth-order valence-corrected chi connectivity index (χ4v) is 7.55. The molecule has 0 aromatic heterocycles. The SMILES string of the molecule is C=CCCC(NC(=O)C1C2C(CN1C(=O)C(NC(=O)OC(C)(C)C)C1CCCCC1)C2(Br)Br)C(=O)C(=O)NCC=C. The zero-order valence-corrected chi connectivity index (χ0v) is 27.2. The minimum atomic E-state index is -1.09. The largest absolute Gasteiger partial charge is 0.444 e. The fraction of sp³-hybridized carbons (Fsp3) is 0.690. The number of Topliss-reactive ketones (excluding diaryl/α,β-unsaturated/α-hetero) is 1. The number of nitrogens with one attached hydrogen (secondary N) is 3. The molecule has 4 amide bonds. The Morgan fingerprint density at radius 2 is 1.71 bits per heavy atom. The molecule has 0 bridgehead atoms. The van der Waals surface area contributed by atoms with Crippen molar-refractivity contribution in [2.24, 2.45) is 17.8 Å². The maximum Gasteiger partial charge on any atom is 0.408 e. The van der Waals surface area contributed by atoms with E-state index in [1.165, 1.54) is 11.0 Å². The van der Waals surface area contributed by atoms with Gasteiger partial charge in [-0.2, -0.15) is 0 Å². The van der Waals surface area contributed by atoms with Crippen molar-refractivity contribution in [1.29, 1.82) is 0 Å². The van der Waals surface area contributed by atoms with Crippen molar-refractivity contribution in [3.05, 3.63) is 25.3 Å². The molecule has 1 heterocycles. The van der Waals surface area contributed by atoms with Crippen LogP contribution in [0, 0.1) is 17.8 Å². The molecule has 0 spiro atoms. The lowest BCUT2D eigenvalue weighted by molar-refractivity contribution is -0.144. The molecule has 1 aliphatic heterocycles. The highest BCUT2D eigenvalue weighted by Gasteiger charge is 2.73. The van der Waals surface area contributed by atoms with Crippen molar-refractivity contribution in [1.82, 2.24) is 20.9 Å². The maximum absolute atomic E-state index is 14.1. The third-order valence-electron chi connectivity index (χ3n) is 7.87. The normalized spacial score (nSPS) is 24.7. The Bertz CT molecular complexity index is 1050. The van der Waals surface area contributed by atoms with Gasteiger partial charge in [0.2, 0.25) is 17.6 Å². The summed E-state index contributed by atoms with van der Waals surface area (Å²) in [6.45, 7) is 12.9. The van der Waals surface area contributed by atoms with Crippen LogP contribution >= 0.6 is 31.9 Å². The number of rotatable bonds is 12. The molecule has 0 aromatic carbocycles. The highest BCUT2D eigenvalue weighted by molar-refractivity contribution is 9.25. The Kier molecular flexibility index (Phi) is 11.2. The number of likely N-dealkylation sites (tertiary alicyclic amines) is 1. The standard InChI is InChI=1S/C29H42Br2N4O6/c1-6-8-14-19(23(36)25(38)32-15-7-2)33-24(37)22-20-18(29(20,30)31)16-35(22)26(39)21(17-12-10-9-11-13-17)34-27(40)41-28(3,4)5/h6-7,17-22H,1-2,8-16H2,3-5H3,(H,32,38)(H,33,37)(H,34,40). The second-order valence-electron chi connectivity index (χ2n) is 12.1. The summed E-state index contributed by atoms with van der Waals surface area (Å²) >= 11 is 7.29. The minimum absolute atomic E-state index is 0.0473. The lowest BCUT2D eigenvalue weighted by Crippen LogP contribution is -2.60. The van der Waals surface area contributed by atoms with Gasteiger partial charge in [-0.25, -0.2) is 4.79 Å². The van der Waals surface area contributed by atoms with E-state index in [4.69, 9.17) is 4.74 Å². The summed E-state index contributed by atoms with van der Waals surface area (Å²) in [6.07, 6.45) is 7.50. The van der Waals surface area contributed by atoms with Gasteiger partial charge in [-0.1, -0.05) is 63.3 Å². The summed E-state index contributed by atoms with van der Waals surface area (Å²) < 4.78 is 4.94. The Morgan fingerprint density at radius 3 is 2.29 bits per heavy atom. The van der Waals surface area contributed by atoms with Crippen molar-refractivity contribution in [2.45, 2.75) is 92.7 Å². The second-order valence-corrected chi connectivity index (χ2v) is 15.7. The predicted octanol–water partition coefficient (Wildman–Crippen LogP) is 3.73. The summed E-state index contributed by atoms with van der Waals surface area (Å²) in [5.74, 6) is -2.86. The lowest BCUT2D eigenvalue weighted by atomic mass is 9.83. The Morgan fingerprint density at radius 1 is 1.05 bits per heavy atom. The molecular formula is C29H42Br2N4O6. The number of halogens is 2. The van der Waals surface area contributed by atoms with E-state index in [9.17, 15) is 24.0 Å². The van der Waals surface area contributed by atoms with Crippen LogP contribution in [0.1, 0.15) is 65.7 Å². The maximum atomic E-state index is 14.1. The fourth-order valence-electron chi connectivity index (χ4n) is 5.82. The number of piperidine rings is 1. The number of allylic oxidation sites excluding steroid dienone is 1. The number of alkyl carbamates (subject to hydrolysis) is 1. The van der Waals surface area contributed by atoms with Crippen molar-refractivity contribution >= 4 is 61.5 Å². The number of alkyl halides is 2. The average molecular weight is 702 g/mol. The Labute approximate surface area is 259 Å². The predicted molar refractivity (Wildman–Crippen MR) is 162 cm³/mol. The molecule has 2 aliphatic carbocycles. The quantitative estimate of drug-likeness (QED) is 0.161. The van der Waals surface area contributed by atoms with Crippen LogP contribution in [0.4, 0.5) is 4.79 Å². The van der Waals surface area contributed by atoms with Gasteiger partial charge in [0.15, 0.2) is 0 Å². The Balaban J connectivity index is 1.85. The monoisotopic (exact) mass is 700 g/mol. The van der Waals surface area contributed by atoms with E-state index >= 15 is 0 Å². The van der Waals surface area contributed by atoms with Crippen LogP contribution < -0.4 is 16.0 Å². The number of carbonyl (C=O) groups is 5. The molecule has 3 aliphatic rings. The van der Waals surface area contributed by atoms with Gasteiger partial charge in [-0.05, 0) is 52.4 Å². The van der Waals surface area contributed by atoms with Gasteiger partial charge >= 0.3 is 6.09 Å². The summed E-state index contributed by atoms with van der Waals surface area (Å²) in [5, 5.41) is 8.03. The molecule has 5 atom stereocenters. The van der Waals surface area contributed by atoms with Crippen LogP contribution in [0.2, 0.25) is 0 Å². The van der Waals surface area contributed by atoms with E-state index in [0.29, 0.717) is 13.0 Å². The molecule has 0 aromatic rings. The van der Waals surface area contributed by atoms with Gasteiger partial charge in [0, 0.05) is 24.9 Å². The smallest absolute Gasteiger partial charge is 0.408 e. The highest BCUT2D eigenvalue weighted by Crippen LogP contribution is 2.67. The molecular weight excluding hydrogens is 660 g/mol. The van der Waals surface area contributed by atoms with Crippen LogP contribution in [0.5, 0.6) is 0 Å². The van der Waals surface area contributed by atoms with Crippen LogP contribution in [-0.2, 0) is 23.9 Å². The zero-order valence-electron chi connectivity index (χ0n) is 24.0. The molecule has 41 heavy (non-hydrogen) atoms. The first-order chi connectivity index (χ1) is 19.2. The first kappa shape index (κ1) is 33.3. The molecule has 3 fully saturated rings. The van der Waals surface area contributed by atoms with Crippen LogP contribution in [0.3, 0.4) is 0 Å². The van der Waals surface area contributed by atoms with E-state index in [2.05, 4.69) is 61.0 Å². The molecule has 1 saturated heterocycles. The minimum Gasteiger partial charge on any atom is -0.444 e. The van der Waals surface area contributed by atoms with Crippen LogP contribution in [-0.4, -0.2) is 74.5 Å². The highest BCUT2D eigenvalue weighted by atomic mass is 79.9. The number of carbonyl (C=O) groups excluding carboxylic acids is 5. The van der Waals surface area contributed by atoms with E-state index in [1.54, 1.807) is 26.8 Å². The molecule has 5 unspecified atom stereocenters. The number of fused-ring (bicyclic) bond motifs is 1. The molecule has 3 rings (SSSR count). The number of hydrogen-bond acceptors (Lipinski definition) is 6. The molecule has 0 radical (unpaired) electrons. The van der Waals surface area contributed by atoms with Gasteiger partial charge in [0.25, 0.3) is 5.91 Å². The molecule has 228 valence electrons. The summed E-state index contributed by atoms with van der Waals surface area (Å²) in [4.78, 5) is 67.6. The zero-order chi connectivity index (χ0) is 30.5. The van der Waals surface area contributed by atoms with Crippen molar-refractivity contribution in [3.63, 3.8) is 0 Å². The number of ketones is 1. The molecule has 2 saturated carbocycles. The van der Waals surface area contributed by atoms with Crippen LogP contribution in [0.15, 0.2) is 25.3 Å². The number of nitrogens with zero attached hydrogens (tertiary/aromatic N) is 1. The van der Waals surface area contributed by atoms with Crippen molar-refractivity contribution < 1.29 is 28.7 Å². The van der Waals surface area contributed by atoms with Gasteiger partial charge in [-0.3, -0.25) is 19.2 Å². The lowest BCUT2D eigenvalue weighted by Gasteiger charge is -2.37. The van der Waals surface area contributed by atoms with Crippen LogP contribution in [0.25, 0.3) is 0 Å². The number of amides is 4. The number of hydrogen-bond donors (Lipinski definition) is 3. The van der Waals surface area contributed by atoms with E-state index < -0.39 is 50.7 Å².